The number of amides is 1. The number of nitrogens with one attached hydrogen (secondary N) is 1. The molecule has 2 aromatic rings. The summed E-state index contributed by atoms with van der Waals surface area (Å²) >= 11 is 5.98. The zero-order chi connectivity index (χ0) is 21.6. The molecule has 158 valence electrons. The third-order valence-electron chi connectivity index (χ3n) is 4.10. The number of sulfonamides is 1. The van der Waals surface area contributed by atoms with E-state index >= 15 is 0 Å². The van der Waals surface area contributed by atoms with E-state index in [1.165, 1.54) is 13.0 Å². The topological polar surface area (TPSA) is 84.9 Å². The van der Waals surface area contributed by atoms with E-state index in [0.29, 0.717) is 16.5 Å². The van der Waals surface area contributed by atoms with Gasteiger partial charge in [-0.1, -0.05) is 17.7 Å². The Morgan fingerprint density at radius 1 is 1.14 bits per heavy atom. The SMILES string of the molecule is COc1ccc(OC[C@@H](C)NC(=O)[C@@H](C)N(c2cccc(Cl)c2)S(C)(=O)=O)cc1. The van der Waals surface area contributed by atoms with Crippen LogP contribution >= 0.6 is 11.6 Å². The lowest BCUT2D eigenvalue weighted by Crippen LogP contribution is -2.50. The van der Waals surface area contributed by atoms with Gasteiger partial charge in [-0.25, -0.2) is 8.42 Å². The molecule has 0 spiro atoms. The number of hydrogen-bond donors (Lipinski definition) is 1. The van der Waals surface area contributed by atoms with Crippen molar-refractivity contribution >= 4 is 33.2 Å². The van der Waals surface area contributed by atoms with Crippen LogP contribution in [0.25, 0.3) is 0 Å². The van der Waals surface area contributed by atoms with Crippen molar-refractivity contribution in [1.29, 1.82) is 0 Å². The van der Waals surface area contributed by atoms with Crippen molar-refractivity contribution in [2.45, 2.75) is 25.9 Å². The average Bonchev–Trinajstić information content (AvgIpc) is 2.65. The first kappa shape index (κ1) is 22.8. The Bertz CT molecular complexity index is 934. The van der Waals surface area contributed by atoms with E-state index in [-0.39, 0.29) is 12.6 Å². The summed E-state index contributed by atoms with van der Waals surface area (Å²) in [6, 6.07) is 12.1. The number of anilines is 1. The average molecular weight is 441 g/mol. The maximum Gasteiger partial charge on any atom is 0.243 e. The van der Waals surface area contributed by atoms with Crippen LogP contribution in [0.3, 0.4) is 0 Å². The molecule has 7 nitrogen and oxygen atoms in total. The van der Waals surface area contributed by atoms with Crippen LogP contribution in [0.4, 0.5) is 5.69 Å². The van der Waals surface area contributed by atoms with E-state index in [4.69, 9.17) is 21.1 Å². The van der Waals surface area contributed by atoms with Crippen LogP contribution in [-0.4, -0.2) is 46.4 Å². The third kappa shape index (κ3) is 6.54. The molecule has 0 unspecified atom stereocenters. The largest absolute Gasteiger partial charge is 0.497 e. The predicted molar refractivity (Wildman–Crippen MR) is 114 cm³/mol. The van der Waals surface area contributed by atoms with Gasteiger partial charge in [0.2, 0.25) is 15.9 Å². The summed E-state index contributed by atoms with van der Waals surface area (Å²) in [4.78, 5) is 12.7. The summed E-state index contributed by atoms with van der Waals surface area (Å²) in [6.45, 7) is 3.52. The molecular formula is C20H25ClN2O5S. The fourth-order valence-corrected chi connectivity index (χ4v) is 4.07. The van der Waals surface area contributed by atoms with Crippen molar-refractivity contribution in [3.8, 4) is 11.5 Å². The van der Waals surface area contributed by atoms with Gasteiger partial charge in [0, 0.05) is 5.02 Å². The molecular weight excluding hydrogens is 416 g/mol. The quantitative estimate of drug-likeness (QED) is 0.647. The van der Waals surface area contributed by atoms with Gasteiger partial charge in [0.05, 0.1) is 25.1 Å². The number of hydrogen-bond acceptors (Lipinski definition) is 5. The molecule has 0 aliphatic heterocycles. The summed E-state index contributed by atoms with van der Waals surface area (Å²) in [5.41, 5.74) is 0.324. The van der Waals surface area contributed by atoms with Gasteiger partial charge < -0.3 is 14.8 Å². The summed E-state index contributed by atoms with van der Waals surface area (Å²) in [5.74, 6) is 0.910. The second-order valence-electron chi connectivity index (χ2n) is 6.61. The zero-order valence-corrected chi connectivity index (χ0v) is 18.3. The summed E-state index contributed by atoms with van der Waals surface area (Å²) in [6.07, 6.45) is 1.05. The zero-order valence-electron chi connectivity index (χ0n) is 16.8. The smallest absolute Gasteiger partial charge is 0.243 e. The van der Waals surface area contributed by atoms with E-state index in [0.717, 1.165) is 16.3 Å². The Balaban J connectivity index is 2.02. The van der Waals surface area contributed by atoms with Gasteiger partial charge in [-0.05, 0) is 56.3 Å². The van der Waals surface area contributed by atoms with E-state index in [1.54, 1.807) is 56.5 Å². The molecule has 2 atom stereocenters. The minimum Gasteiger partial charge on any atom is -0.497 e. The molecule has 1 N–H and O–H groups in total. The standard InChI is InChI=1S/C20H25ClN2O5S/c1-14(13-28-19-10-8-18(27-3)9-11-19)22-20(24)15(2)23(29(4,25)26)17-7-5-6-16(21)12-17/h5-12,14-15H,13H2,1-4H3,(H,22,24)/t14-,15-/m1/s1. The highest BCUT2D eigenvalue weighted by Crippen LogP contribution is 2.24. The fourth-order valence-electron chi connectivity index (χ4n) is 2.72. The number of carbonyl (C=O) groups is 1. The van der Waals surface area contributed by atoms with Gasteiger partial charge in [-0.3, -0.25) is 9.10 Å². The van der Waals surface area contributed by atoms with Gasteiger partial charge >= 0.3 is 0 Å². The molecule has 0 bridgehead atoms. The second-order valence-corrected chi connectivity index (χ2v) is 8.91. The van der Waals surface area contributed by atoms with Crippen molar-refractivity contribution in [1.82, 2.24) is 5.32 Å². The molecule has 0 aromatic heterocycles. The summed E-state index contributed by atoms with van der Waals surface area (Å²) in [5, 5.41) is 3.16. The maximum absolute atomic E-state index is 12.7. The van der Waals surface area contributed by atoms with Crippen molar-refractivity contribution in [3.05, 3.63) is 53.6 Å². The predicted octanol–water partition coefficient (Wildman–Crippen LogP) is 3.09. The monoisotopic (exact) mass is 440 g/mol. The van der Waals surface area contributed by atoms with Crippen LogP contribution in [0, 0.1) is 0 Å². The molecule has 0 aliphatic rings. The Morgan fingerprint density at radius 3 is 2.31 bits per heavy atom. The molecule has 0 saturated heterocycles. The Morgan fingerprint density at radius 2 is 1.76 bits per heavy atom. The highest BCUT2D eigenvalue weighted by molar-refractivity contribution is 7.92. The van der Waals surface area contributed by atoms with Gasteiger partial charge in [-0.2, -0.15) is 0 Å². The second kappa shape index (κ2) is 9.84. The number of benzene rings is 2. The first-order valence-corrected chi connectivity index (χ1v) is 11.2. The van der Waals surface area contributed by atoms with Crippen LogP contribution in [0.15, 0.2) is 48.5 Å². The molecule has 29 heavy (non-hydrogen) atoms. The molecule has 2 aromatic carbocycles. The highest BCUT2D eigenvalue weighted by Gasteiger charge is 2.29. The Labute approximate surface area is 176 Å². The fraction of sp³-hybridized carbons (Fsp3) is 0.350. The highest BCUT2D eigenvalue weighted by atomic mass is 35.5. The van der Waals surface area contributed by atoms with Crippen molar-refractivity contribution < 1.29 is 22.7 Å². The minimum atomic E-state index is -3.71. The van der Waals surface area contributed by atoms with Crippen LogP contribution in [0.5, 0.6) is 11.5 Å². The van der Waals surface area contributed by atoms with E-state index < -0.39 is 22.0 Å². The van der Waals surface area contributed by atoms with Crippen molar-refractivity contribution in [3.63, 3.8) is 0 Å². The lowest BCUT2D eigenvalue weighted by Gasteiger charge is -2.29. The molecule has 0 radical (unpaired) electrons. The van der Waals surface area contributed by atoms with E-state index in [9.17, 15) is 13.2 Å². The number of carbonyl (C=O) groups excluding carboxylic acids is 1. The van der Waals surface area contributed by atoms with Crippen molar-refractivity contribution in [2.24, 2.45) is 0 Å². The van der Waals surface area contributed by atoms with Gasteiger partial charge in [-0.15, -0.1) is 0 Å². The van der Waals surface area contributed by atoms with Crippen LogP contribution in [-0.2, 0) is 14.8 Å². The molecule has 0 aliphatic carbocycles. The lowest BCUT2D eigenvalue weighted by atomic mass is 10.2. The Kier molecular flexibility index (Phi) is 7.75. The Hall–Kier alpha value is -2.45. The number of ether oxygens (including phenoxy) is 2. The summed E-state index contributed by atoms with van der Waals surface area (Å²) in [7, 11) is -2.12. The van der Waals surface area contributed by atoms with Crippen LogP contribution in [0.2, 0.25) is 5.02 Å². The third-order valence-corrected chi connectivity index (χ3v) is 5.58. The molecule has 1 amide bonds. The van der Waals surface area contributed by atoms with Gasteiger partial charge in [0.25, 0.3) is 0 Å². The minimum absolute atomic E-state index is 0.223. The maximum atomic E-state index is 12.7. The van der Waals surface area contributed by atoms with Crippen LogP contribution < -0.4 is 19.1 Å². The van der Waals surface area contributed by atoms with Gasteiger partial charge in [0.15, 0.2) is 0 Å². The first-order chi connectivity index (χ1) is 13.6. The molecule has 0 heterocycles. The molecule has 9 heteroatoms. The van der Waals surface area contributed by atoms with E-state index in [1.807, 2.05) is 0 Å². The van der Waals surface area contributed by atoms with Crippen LogP contribution in [0.1, 0.15) is 13.8 Å². The summed E-state index contributed by atoms with van der Waals surface area (Å²) < 4.78 is 36.4. The first-order valence-electron chi connectivity index (χ1n) is 8.94. The molecule has 0 fully saturated rings. The lowest BCUT2D eigenvalue weighted by molar-refractivity contribution is -0.122. The number of rotatable bonds is 9. The number of nitrogens with zero attached hydrogens (tertiary/aromatic N) is 1. The van der Waals surface area contributed by atoms with Gasteiger partial charge in [0.1, 0.15) is 24.1 Å². The number of halogens is 1. The van der Waals surface area contributed by atoms with Crippen molar-refractivity contribution in [2.75, 3.05) is 24.3 Å². The molecule has 2 rings (SSSR count). The number of methoxy groups -OCH3 is 1. The molecule has 0 saturated carbocycles. The normalized spacial score (nSPS) is 13.3. The van der Waals surface area contributed by atoms with E-state index in [2.05, 4.69) is 5.32 Å².